The van der Waals surface area contributed by atoms with Crippen LogP contribution in [0.4, 0.5) is 4.39 Å². The summed E-state index contributed by atoms with van der Waals surface area (Å²) in [6, 6.07) is 9.99. The molecule has 27 heavy (non-hydrogen) atoms. The van der Waals surface area contributed by atoms with Crippen LogP contribution in [-0.4, -0.2) is 33.4 Å². The highest BCUT2D eigenvalue weighted by molar-refractivity contribution is 7.12. The van der Waals surface area contributed by atoms with Gasteiger partial charge in [-0.3, -0.25) is 15.1 Å². The molecule has 0 radical (unpaired) electrons. The molecule has 2 atom stereocenters. The second kappa shape index (κ2) is 5.14. The molecule has 4 heterocycles. The summed E-state index contributed by atoms with van der Waals surface area (Å²) in [5.41, 5.74) is 0.322. The van der Waals surface area contributed by atoms with Crippen molar-refractivity contribution in [2.24, 2.45) is 0 Å². The number of aromatic nitrogens is 2. The molecule has 7 nitrogen and oxygen atoms in total. The maximum atomic E-state index is 13.8. The highest BCUT2D eigenvalue weighted by Gasteiger charge is 2.58. The number of guanidine groups is 1. The lowest BCUT2D eigenvalue weighted by molar-refractivity contribution is -0.131. The lowest BCUT2D eigenvalue weighted by Gasteiger charge is -2.42. The number of rotatable bonds is 1. The topological polar surface area (TPSA) is 97.8 Å². The Bertz CT molecular complexity index is 1190. The zero-order valence-corrected chi connectivity index (χ0v) is 15.0. The fourth-order valence-electron chi connectivity index (χ4n) is 4.01. The summed E-state index contributed by atoms with van der Waals surface area (Å²) < 4.78 is 15.7. The predicted octanol–water partition coefficient (Wildman–Crippen LogP) is 2.10. The van der Waals surface area contributed by atoms with E-state index in [4.69, 9.17) is 5.41 Å². The number of amides is 1. The van der Waals surface area contributed by atoms with E-state index in [1.165, 1.54) is 28.4 Å². The van der Waals surface area contributed by atoms with Crippen molar-refractivity contribution in [2.75, 3.05) is 7.05 Å². The van der Waals surface area contributed by atoms with Crippen LogP contribution in [0.2, 0.25) is 0 Å². The average molecular weight is 380 g/mol. The number of benzene rings is 1. The summed E-state index contributed by atoms with van der Waals surface area (Å²) in [5, 5.41) is 20.6. The Morgan fingerprint density at radius 1 is 1.44 bits per heavy atom. The molecular formula is C18H13FN6OS. The molecule has 1 fully saturated rings. The van der Waals surface area contributed by atoms with Gasteiger partial charge in [-0.15, -0.1) is 11.3 Å². The monoisotopic (exact) mass is 380 g/mol. The van der Waals surface area contributed by atoms with Gasteiger partial charge >= 0.3 is 0 Å². The van der Waals surface area contributed by atoms with Gasteiger partial charge in [0.25, 0.3) is 0 Å². The van der Waals surface area contributed by atoms with E-state index in [1.54, 1.807) is 19.2 Å². The lowest BCUT2D eigenvalue weighted by Crippen LogP contribution is -2.62. The smallest absolute Gasteiger partial charge is 0.242 e. The lowest BCUT2D eigenvalue weighted by atomic mass is 9.81. The fraction of sp³-hybridized carbons (Fsp3) is 0.222. The summed E-state index contributed by atoms with van der Waals surface area (Å²) in [5.74, 6) is -0.762. The Kier molecular flexibility index (Phi) is 3.04. The molecule has 134 valence electrons. The Balaban J connectivity index is 1.77. The molecule has 5 rings (SSSR count). The largest absolute Gasteiger partial charge is 0.343 e. The van der Waals surface area contributed by atoms with Gasteiger partial charge in [0.1, 0.15) is 34.0 Å². The van der Waals surface area contributed by atoms with E-state index < -0.39 is 11.5 Å². The molecule has 1 saturated heterocycles. The molecule has 9 heteroatoms. The molecule has 0 bridgehead atoms. The van der Waals surface area contributed by atoms with Crippen LogP contribution in [0, 0.1) is 22.6 Å². The number of fused-ring (bicyclic) bond motifs is 5. The maximum Gasteiger partial charge on any atom is 0.242 e. The Morgan fingerprint density at radius 2 is 2.26 bits per heavy atom. The van der Waals surface area contributed by atoms with E-state index in [9.17, 15) is 14.4 Å². The molecule has 2 aromatic heterocycles. The van der Waals surface area contributed by atoms with Crippen LogP contribution >= 0.6 is 11.3 Å². The highest BCUT2D eigenvalue weighted by atomic mass is 32.1. The SMILES string of the molecule is CN1C(=N)NC2(c3ccc(C#N)s3)Cn3c(nc4ccc(F)cc43)C2C1=O. The molecule has 2 unspecified atom stereocenters. The van der Waals surface area contributed by atoms with E-state index >= 15 is 0 Å². The van der Waals surface area contributed by atoms with Gasteiger partial charge in [-0.05, 0) is 30.3 Å². The minimum Gasteiger partial charge on any atom is -0.343 e. The van der Waals surface area contributed by atoms with Crippen molar-refractivity contribution in [2.45, 2.75) is 18.0 Å². The second-order valence-corrected chi connectivity index (χ2v) is 7.82. The fourth-order valence-corrected chi connectivity index (χ4v) is 4.98. The first kappa shape index (κ1) is 16.0. The molecule has 0 saturated carbocycles. The number of thiophene rings is 1. The van der Waals surface area contributed by atoms with Crippen molar-refractivity contribution in [3.8, 4) is 6.07 Å². The van der Waals surface area contributed by atoms with Gasteiger partial charge in [0, 0.05) is 11.9 Å². The third-order valence-electron chi connectivity index (χ3n) is 5.31. The van der Waals surface area contributed by atoms with Gasteiger partial charge in [0.05, 0.1) is 17.6 Å². The van der Waals surface area contributed by atoms with Crippen LogP contribution in [0.3, 0.4) is 0 Å². The third-order valence-corrected chi connectivity index (χ3v) is 6.48. The first-order chi connectivity index (χ1) is 12.9. The third kappa shape index (κ3) is 1.96. The first-order valence-corrected chi connectivity index (χ1v) is 9.06. The summed E-state index contributed by atoms with van der Waals surface area (Å²) in [4.78, 5) is 20.3. The Morgan fingerprint density at radius 3 is 3.00 bits per heavy atom. The van der Waals surface area contributed by atoms with Crippen molar-refractivity contribution in [3.63, 3.8) is 0 Å². The molecule has 0 spiro atoms. The van der Waals surface area contributed by atoms with Crippen molar-refractivity contribution in [1.82, 2.24) is 19.8 Å². The van der Waals surface area contributed by atoms with Crippen molar-refractivity contribution in [1.29, 1.82) is 10.7 Å². The van der Waals surface area contributed by atoms with Crippen LogP contribution in [0.25, 0.3) is 11.0 Å². The summed E-state index contributed by atoms with van der Waals surface area (Å²) in [6.45, 7) is 0.320. The van der Waals surface area contributed by atoms with Crippen LogP contribution < -0.4 is 5.32 Å². The minimum atomic E-state index is -0.913. The zero-order chi connectivity index (χ0) is 18.9. The maximum absolute atomic E-state index is 13.8. The van der Waals surface area contributed by atoms with E-state index in [0.29, 0.717) is 28.3 Å². The number of carbonyl (C=O) groups is 1. The molecule has 2 aliphatic rings. The number of hydrogen-bond donors (Lipinski definition) is 2. The quantitative estimate of drug-likeness (QED) is 0.675. The summed E-state index contributed by atoms with van der Waals surface area (Å²) in [6.07, 6.45) is 0. The van der Waals surface area contributed by atoms with Gasteiger partial charge in [-0.2, -0.15) is 5.26 Å². The first-order valence-electron chi connectivity index (χ1n) is 8.25. The zero-order valence-electron chi connectivity index (χ0n) is 14.2. The Hall–Kier alpha value is -3.25. The molecule has 2 N–H and O–H groups in total. The molecular weight excluding hydrogens is 367 g/mol. The van der Waals surface area contributed by atoms with Crippen LogP contribution in [0.1, 0.15) is 21.5 Å². The van der Waals surface area contributed by atoms with Crippen LogP contribution in [0.15, 0.2) is 30.3 Å². The second-order valence-electron chi connectivity index (χ2n) is 6.74. The number of imidazole rings is 1. The van der Waals surface area contributed by atoms with Gasteiger partial charge in [0.2, 0.25) is 5.91 Å². The molecule has 3 aromatic rings. The van der Waals surface area contributed by atoms with Crippen molar-refractivity contribution < 1.29 is 9.18 Å². The summed E-state index contributed by atoms with van der Waals surface area (Å²) >= 11 is 1.29. The van der Waals surface area contributed by atoms with Crippen LogP contribution in [0.5, 0.6) is 0 Å². The number of nitriles is 1. The predicted molar refractivity (Wildman–Crippen MR) is 96.8 cm³/mol. The van der Waals surface area contributed by atoms with Gasteiger partial charge < -0.3 is 9.88 Å². The molecule has 1 aromatic carbocycles. The molecule has 2 aliphatic heterocycles. The number of likely N-dealkylation sites (N-methyl/N-ethyl adjacent to an activating group) is 1. The number of nitrogens with one attached hydrogen (secondary N) is 2. The average Bonchev–Trinajstić information content (AvgIpc) is 3.32. The standard InChI is InChI=1S/C18H13FN6OS/c1-24-16(26)14-15-22-11-4-2-9(19)6-12(11)25(15)8-18(14,23-17(24)21)13-5-3-10(7-20)27-13/h2-6,14H,8H2,1H3,(H2,21,23). The van der Waals surface area contributed by atoms with E-state index in [0.717, 1.165) is 4.88 Å². The number of nitrogens with zero attached hydrogens (tertiary/aromatic N) is 4. The normalized spacial score (nSPS) is 23.9. The molecule has 1 amide bonds. The highest BCUT2D eigenvalue weighted by Crippen LogP contribution is 2.49. The van der Waals surface area contributed by atoms with Gasteiger partial charge in [-0.25, -0.2) is 9.37 Å². The van der Waals surface area contributed by atoms with Crippen molar-refractivity contribution in [3.05, 3.63) is 51.7 Å². The van der Waals surface area contributed by atoms with E-state index in [2.05, 4.69) is 16.4 Å². The van der Waals surface area contributed by atoms with Crippen molar-refractivity contribution >= 4 is 34.2 Å². The number of halogens is 1. The van der Waals surface area contributed by atoms with E-state index in [-0.39, 0.29) is 17.7 Å². The van der Waals surface area contributed by atoms with Crippen LogP contribution in [-0.2, 0) is 16.9 Å². The molecule has 0 aliphatic carbocycles. The number of hydrogen-bond acceptors (Lipinski definition) is 5. The number of carbonyl (C=O) groups excluding carboxylic acids is 1. The van der Waals surface area contributed by atoms with Gasteiger partial charge in [-0.1, -0.05) is 0 Å². The Labute approximate surface area is 157 Å². The minimum absolute atomic E-state index is 0.00982. The van der Waals surface area contributed by atoms with E-state index in [1.807, 2.05) is 10.6 Å². The summed E-state index contributed by atoms with van der Waals surface area (Å²) in [7, 11) is 1.54. The van der Waals surface area contributed by atoms with Gasteiger partial charge in [0.15, 0.2) is 5.96 Å².